The van der Waals surface area contributed by atoms with E-state index < -0.39 is 0 Å². The molecule has 0 radical (unpaired) electrons. The van der Waals surface area contributed by atoms with E-state index in [0.29, 0.717) is 0 Å². The van der Waals surface area contributed by atoms with E-state index >= 15 is 0 Å². The lowest BCUT2D eigenvalue weighted by Gasteiger charge is -1.83. The lowest BCUT2D eigenvalue weighted by atomic mass is 10.3. The topological polar surface area (TPSA) is 12.4 Å². The minimum atomic E-state index is 1.18. The van der Waals surface area contributed by atoms with E-state index in [1.807, 2.05) is 38.3 Å². The Labute approximate surface area is 56.8 Å². The summed E-state index contributed by atoms with van der Waals surface area (Å²) >= 11 is 0. The Hall–Kier alpha value is -0.850. The summed E-state index contributed by atoms with van der Waals surface area (Å²) in [5.74, 6) is 0. The Morgan fingerprint density at radius 1 is 1.44 bits per heavy atom. The SMILES string of the molecule is C/C=C/C=C(/C)C=NC. The van der Waals surface area contributed by atoms with Crippen molar-refractivity contribution in [1.82, 2.24) is 0 Å². The minimum absolute atomic E-state index is 1.18. The van der Waals surface area contributed by atoms with E-state index in [1.165, 1.54) is 5.57 Å². The van der Waals surface area contributed by atoms with Gasteiger partial charge in [0.15, 0.2) is 0 Å². The summed E-state index contributed by atoms with van der Waals surface area (Å²) in [6.45, 7) is 4.01. The third-order valence-corrected chi connectivity index (χ3v) is 0.884. The molecule has 1 nitrogen and oxygen atoms in total. The van der Waals surface area contributed by atoms with Gasteiger partial charge in [-0.05, 0) is 19.4 Å². The van der Waals surface area contributed by atoms with Gasteiger partial charge in [0.25, 0.3) is 0 Å². The largest absolute Gasteiger partial charge is 0.296 e. The Morgan fingerprint density at radius 3 is 2.56 bits per heavy atom. The molecule has 0 amide bonds. The van der Waals surface area contributed by atoms with Gasteiger partial charge in [-0.1, -0.05) is 18.2 Å². The van der Waals surface area contributed by atoms with Crippen LogP contribution in [0.2, 0.25) is 0 Å². The summed E-state index contributed by atoms with van der Waals surface area (Å²) in [5, 5.41) is 0. The first-order valence-corrected chi connectivity index (χ1v) is 3.03. The first-order chi connectivity index (χ1) is 4.31. The average molecular weight is 123 g/mol. The highest BCUT2D eigenvalue weighted by molar-refractivity contribution is 5.77. The van der Waals surface area contributed by atoms with Crippen molar-refractivity contribution >= 4 is 6.21 Å². The third kappa shape index (κ3) is 5.01. The van der Waals surface area contributed by atoms with Crippen molar-refractivity contribution in [2.75, 3.05) is 7.05 Å². The number of hydrogen-bond acceptors (Lipinski definition) is 1. The molecule has 50 valence electrons. The van der Waals surface area contributed by atoms with Gasteiger partial charge in [0, 0.05) is 13.3 Å². The lowest BCUT2D eigenvalue weighted by Crippen LogP contribution is -1.73. The zero-order chi connectivity index (χ0) is 7.11. The van der Waals surface area contributed by atoms with Gasteiger partial charge in [0.05, 0.1) is 0 Å². The predicted molar refractivity (Wildman–Crippen MR) is 43.0 cm³/mol. The Bertz CT molecular complexity index is 141. The van der Waals surface area contributed by atoms with E-state index in [9.17, 15) is 0 Å². The summed E-state index contributed by atoms with van der Waals surface area (Å²) in [4.78, 5) is 3.86. The van der Waals surface area contributed by atoms with Gasteiger partial charge in [0.1, 0.15) is 0 Å². The van der Waals surface area contributed by atoms with Crippen LogP contribution in [0, 0.1) is 0 Å². The van der Waals surface area contributed by atoms with Gasteiger partial charge in [-0.25, -0.2) is 0 Å². The van der Waals surface area contributed by atoms with E-state index in [0.717, 1.165) is 0 Å². The number of nitrogens with zero attached hydrogens (tertiary/aromatic N) is 1. The van der Waals surface area contributed by atoms with Crippen LogP contribution in [0.25, 0.3) is 0 Å². The first kappa shape index (κ1) is 8.15. The van der Waals surface area contributed by atoms with Crippen molar-refractivity contribution in [3.8, 4) is 0 Å². The van der Waals surface area contributed by atoms with E-state index in [1.54, 1.807) is 7.05 Å². The van der Waals surface area contributed by atoms with Gasteiger partial charge in [-0.3, -0.25) is 4.99 Å². The molecular formula is C8H13N. The molecule has 0 aromatic heterocycles. The Balaban J connectivity index is 3.84. The van der Waals surface area contributed by atoms with Gasteiger partial charge in [-0.2, -0.15) is 0 Å². The molecule has 0 aromatic rings. The van der Waals surface area contributed by atoms with Crippen molar-refractivity contribution in [3.63, 3.8) is 0 Å². The molecule has 0 aliphatic rings. The molecule has 0 fully saturated rings. The molecule has 0 saturated carbocycles. The zero-order valence-corrected chi connectivity index (χ0v) is 6.26. The molecule has 0 heterocycles. The molecule has 9 heavy (non-hydrogen) atoms. The second-order valence-corrected chi connectivity index (χ2v) is 1.82. The summed E-state index contributed by atoms with van der Waals surface area (Å²) in [6, 6.07) is 0. The van der Waals surface area contributed by atoms with Crippen LogP contribution in [0.15, 0.2) is 28.8 Å². The molecule has 0 aromatic carbocycles. The number of allylic oxidation sites excluding steroid dienone is 4. The number of hydrogen-bond donors (Lipinski definition) is 0. The summed E-state index contributed by atoms with van der Waals surface area (Å²) in [7, 11) is 1.77. The highest BCUT2D eigenvalue weighted by Gasteiger charge is 1.74. The molecule has 0 atom stereocenters. The Morgan fingerprint density at radius 2 is 2.11 bits per heavy atom. The van der Waals surface area contributed by atoms with Crippen molar-refractivity contribution in [2.24, 2.45) is 4.99 Å². The molecule has 0 unspecified atom stereocenters. The lowest BCUT2D eigenvalue weighted by molar-refractivity contribution is 1.44. The predicted octanol–water partition coefficient (Wildman–Crippen LogP) is 2.21. The maximum Gasteiger partial charge on any atom is 0.0277 e. The molecule has 0 aliphatic heterocycles. The standard InChI is InChI=1S/C8H13N/c1-4-5-6-8(2)7-9-3/h4-7H,1-3H3/b5-4+,8-6-,9-7?. The van der Waals surface area contributed by atoms with Gasteiger partial charge in [0.2, 0.25) is 0 Å². The first-order valence-electron chi connectivity index (χ1n) is 3.03. The molecule has 0 rings (SSSR count). The minimum Gasteiger partial charge on any atom is -0.296 e. The fourth-order valence-electron chi connectivity index (χ4n) is 0.495. The fourth-order valence-corrected chi connectivity index (χ4v) is 0.495. The second-order valence-electron chi connectivity index (χ2n) is 1.82. The normalized spacial score (nSPS) is 13.9. The van der Waals surface area contributed by atoms with Crippen LogP contribution in [-0.2, 0) is 0 Å². The van der Waals surface area contributed by atoms with Crippen LogP contribution in [0.1, 0.15) is 13.8 Å². The van der Waals surface area contributed by atoms with Crippen LogP contribution in [-0.4, -0.2) is 13.3 Å². The molecule has 0 bridgehead atoms. The number of aliphatic imine (C=N–C) groups is 1. The van der Waals surface area contributed by atoms with Crippen LogP contribution in [0.5, 0.6) is 0 Å². The highest BCUT2D eigenvalue weighted by Crippen LogP contribution is 1.87. The van der Waals surface area contributed by atoms with E-state index in [2.05, 4.69) is 4.99 Å². The van der Waals surface area contributed by atoms with Crippen molar-refractivity contribution < 1.29 is 0 Å². The fraction of sp³-hybridized carbons (Fsp3) is 0.375. The van der Waals surface area contributed by atoms with E-state index in [-0.39, 0.29) is 0 Å². The van der Waals surface area contributed by atoms with Crippen molar-refractivity contribution in [3.05, 3.63) is 23.8 Å². The smallest absolute Gasteiger partial charge is 0.0277 e. The highest BCUT2D eigenvalue weighted by atomic mass is 14.6. The van der Waals surface area contributed by atoms with Crippen LogP contribution < -0.4 is 0 Å². The maximum atomic E-state index is 3.86. The summed E-state index contributed by atoms with van der Waals surface area (Å²) in [6.07, 6.45) is 7.84. The van der Waals surface area contributed by atoms with Crippen molar-refractivity contribution in [1.29, 1.82) is 0 Å². The Kier molecular flexibility index (Phi) is 4.79. The van der Waals surface area contributed by atoms with Crippen LogP contribution in [0.4, 0.5) is 0 Å². The molecule has 0 aliphatic carbocycles. The molecule has 1 heteroatoms. The maximum absolute atomic E-state index is 3.86. The average Bonchev–Trinajstić information content (AvgIpc) is 1.85. The van der Waals surface area contributed by atoms with Gasteiger partial charge in [-0.15, -0.1) is 0 Å². The summed E-state index contributed by atoms with van der Waals surface area (Å²) in [5.41, 5.74) is 1.18. The van der Waals surface area contributed by atoms with Gasteiger partial charge >= 0.3 is 0 Å². The molecule has 0 saturated heterocycles. The number of rotatable bonds is 2. The molecule has 0 spiro atoms. The van der Waals surface area contributed by atoms with Gasteiger partial charge < -0.3 is 0 Å². The third-order valence-electron chi connectivity index (χ3n) is 0.884. The summed E-state index contributed by atoms with van der Waals surface area (Å²) < 4.78 is 0. The van der Waals surface area contributed by atoms with Crippen LogP contribution >= 0.6 is 0 Å². The van der Waals surface area contributed by atoms with Crippen LogP contribution in [0.3, 0.4) is 0 Å². The quantitative estimate of drug-likeness (QED) is 0.394. The zero-order valence-electron chi connectivity index (χ0n) is 6.26. The molecular weight excluding hydrogens is 110 g/mol. The second kappa shape index (κ2) is 5.29. The van der Waals surface area contributed by atoms with E-state index in [4.69, 9.17) is 0 Å². The molecule has 0 N–H and O–H groups in total. The monoisotopic (exact) mass is 123 g/mol. The van der Waals surface area contributed by atoms with Crippen molar-refractivity contribution in [2.45, 2.75) is 13.8 Å².